The first kappa shape index (κ1) is 22.9. The summed E-state index contributed by atoms with van der Waals surface area (Å²) in [4.78, 5) is 21.0. The van der Waals surface area contributed by atoms with Gasteiger partial charge in [0.1, 0.15) is 17.4 Å². The molecule has 35 heavy (non-hydrogen) atoms. The highest BCUT2D eigenvalue weighted by Gasteiger charge is 2.23. The van der Waals surface area contributed by atoms with Crippen LogP contribution >= 0.6 is 11.5 Å². The van der Waals surface area contributed by atoms with E-state index < -0.39 is 0 Å². The van der Waals surface area contributed by atoms with E-state index in [2.05, 4.69) is 9.36 Å². The third-order valence-corrected chi connectivity index (χ3v) is 6.42. The van der Waals surface area contributed by atoms with Gasteiger partial charge in [-0.1, -0.05) is 24.3 Å². The van der Waals surface area contributed by atoms with Gasteiger partial charge in [-0.15, -0.1) is 0 Å². The van der Waals surface area contributed by atoms with Crippen molar-refractivity contribution in [3.63, 3.8) is 0 Å². The first-order valence-electron chi connectivity index (χ1n) is 11.2. The van der Waals surface area contributed by atoms with E-state index in [-0.39, 0.29) is 17.5 Å². The van der Waals surface area contributed by atoms with Gasteiger partial charge in [-0.25, -0.2) is 8.78 Å². The van der Waals surface area contributed by atoms with Gasteiger partial charge in [0, 0.05) is 49.7 Å². The zero-order valence-corrected chi connectivity index (χ0v) is 19.5. The average Bonchev–Trinajstić information content (AvgIpc) is 3.32. The fraction of sp³-hybridized carbons (Fsp3) is 0.192. The maximum absolute atomic E-state index is 14.0. The summed E-state index contributed by atoms with van der Waals surface area (Å²) in [5.41, 5.74) is 2.04. The number of ether oxygens (including phenoxy) is 1. The second-order valence-corrected chi connectivity index (χ2v) is 8.85. The molecular weight excluding hydrogens is 470 g/mol. The molecule has 0 aliphatic carbocycles. The number of hydrogen-bond acceptors (Lipinski definition) is 6. The lowest BCUT2D eigenvalue weighted by Gasteiger charge is -2.36. The molecule has 6 nitrogen and oxygen atoms in total. The molecule has 1 amide bonds. The molecule has 0 bridgehead atoms. The minimum atomic E-state index is -0.282. The Bertz CT molecular complexity index is 1300. The topological polar surface area (TPSA) is 58.6 Å². The van der Waals surface area contributed by atoms with E-state index in [0.717, 1.165) is 17.1 Å². The Labute approximate surface area is 205 Å². The monoisotopic (exact) mass is 492 g/mol. The van der Waals surface area contributed by atoms with E-state index >= 15 is 0 Å². The zero-order chi connectivity index (χ0) is 24.2. The van der Waals surface area contributed by atoms with Crippen LogP contribution in [0.25, 0.3) is 0 Å². The van der Waals surface area contributed by atoms with E-state index in [1.807, 2.05) is 11.0 Å². The maximum Gasteiger partial charge on any atom is 0.298 e. The van der Waals surface area contributed by atoms with Gasteiger partial charge in [0.2, 0.25) is 0 Å². The number of aromatic nitrogens is 2. The highest BCUT2D eigenvalue weighted by molar-refractivity contribution is 7.07. The Hall–Kier alpha value is -3.85. The summed E-state index contributed by atoms with van der Waals surface area (Å²) in [6.45, 7) is 2.19. The van der Waals surface area contributed by atoms with Gasteiger partial charge in [0.05, 0.1) is 5.69 Å². The molecule has 0 unspecified atom stereocenters. The number of nitrogens with zero attached hydrogens (tertiary/aromatic N) is 4. The number of para-hydroxylation sites is 1. The third-order valence-electron chi connectivity index (χ3n) is 5.79. The molecule has 5 rings (SSSR count). The second-order valence-electron chi connectivity index (χ2n) is 8.14. The van der Waals surface area contributed by atoms with Crippen molar-refractivity contribution in [1.29, 1.82) is 0 Å². The summed E-state index contributed by atoms with van der Waals surface area (Å²) < 4.78 is 37.2. The number of rotatable bonds is 6. The summed E-state index contributed by atoms with van der Waals surface area (Å²) in [5.74, 6) is 0.548. The van der Waals surface area contributed by atoms with Crippen LogP contribution in [-0.4, -0.2) is 46.3 Å². The summed E-state index contributed by atoms with van der Waals surface area (Å²) in [5, 5.41) is 0.394. The highest BCUT2D eigenvalue weighted by atomic mass is 32.1. The van der Waals surface area contributed by atoms with Crippen LogP contribution in [0, 0.1) is 11.6 Å². The number of halogens is 2. The SMILES string of the molecule is O=C(c1ccc(Oc2nc(Cc3ccc(F)cc3)ns2)cc1)N1CCN(c2ccccc2F)CC1. The van der Waals surface area contributed by atoms with E-state index in [9.17, 15) is 13.6 Å². The van der Waals surface area contributed by atoms with Crippen molar-refractivity contribution in [3.8, 4) is 10.9 Å². The van der Waals surface area contributed by atoms with Crippen molar-refractivity contribution in [2.75, 3.05) is 31.1 Å². The molecule has 1 aromatic heterocycles. The molecular formula is C26H22F2N4O2S. The lowest BCUT2D eigenvalue weighted by molar-refractivity contribution is 0.0746. The van der Waals surface area contributed by atoms with Crippen molar-refractivity contribution in [3.05, 3.63) is 101 Å². The zero-order valence-electron chi connectivity index (χ0n) is 18.7. The Morgan fingerprint density at radius 3 is 2.34 bits per heavy atom. The Balaban J connectivity index is 1.16. The summed E-state index contributed by atoms with van der Waals surface area (Å²) in [7, 11) is 0. The molecule has 1 aliphatic rings. The van der Waals surface area contributed by atoms with E-state index in [1.165, 1.54) is 18.2 Å². The van der Waals surface area contributed by atoms with E-state index in [4.69, 9.17) is 4.74 Å². The second kappa shape index (κ2) is 10.2. The summed E-state index contributed by atoms with van der Waals surface area (Å²) in [6, 6.07) is 19.8. The number of amides is 1. The predicted octanol–water partition coefficient (Wildman–Crippen LogP) is 5.16. The van der Waals surface area contributed by atoms with Crippen LogP contribution in [-0.2, 0) is 6.42 Å². The smallest absolute Gasteiger partial charge is 0.298 e. The molecule has 9 heteroatoms. The number of anilines is 1. The lowest BCUT2D eigenvalue weighted by Crippen LogP contribution is -2.49. The van der Waals surface area contributed by atoms with Crippen LogP contribution < -0.4 is 9.64 Å². The fourth-order valence-corrected chi connectivity index (χ4v) is 4.51. The summed E-state index contributed by atoms with van der Waals surface area (Å²) in [6.07, 6.45) is 0.484. The maximum atomic E-state index is 14.0. The van der Waals surface area contributed by atoms with Crippen LogP contribution in [0.1, 0.15) is 21.7 Å². The Morgan fingerprint density at radius 1 is 0.914 bits per heavy atom. The lowest BCUT2D eigenvalue weighted by atomic mass is 10.1. The van der Waals surface area contributed by atoms with Crippen LogP contribution in [0.4, 0.5) is 14.5 Å². The van der Waals surface area contributed by atoms with Gasteiger partial charge < -0.3 is 14.5 Å². The molecule has 4 aromatic rings. The largest absolute Gasteiger partial charge is 0.430 e. The molecule has 2 heterocycles. The summed E-state index contributed by atoms with van der Waals surface area (Å²) >= 11 is 1.14. The van der Waals surface area contributed by atoms with Crippen molar-refractivity contribution < 1.29 is 18.3 Å². The highest BCUT2D eigenvalue weighted by Crippen LogP contribution is 2.25. The van der Waals surface area contributed by atoms with Crippen molar-refractivity contribution in [2.24, 2.45) is 0 Å². The van der Waals surface area contributed by atoms with Crippen LogP contribution in [0.15, 0.2) is 72.8 Å². The van der Waals surface area contributed by atoms with Gasteiger partial charge >= 0.3 is 0 Å². The fourth-order valence-electron chi connectivity index (χ4n) is 3.94. The van der Waals surface area contributed by atoms with Gasteiger partial charge in [-0.2, -0.15) is 9.36 Å². The normalized spacial score (nSPS) is 13.7. The van der Waals surface area contributed by atoms with Crippen LogP contribution in [0.3, 0.4) is 0 Å². The minimum Gasteiger partial charge on any atom is -0.430 e. The first-order valence-corrected chi connectivity index (χ1v) is 12.0. The quantitative estimate of drug-likeness (QED) is 0.372. The number of carbonyl (C=O) groups is 1. The first-order chi connectivity index (χ1) is 17.0. The third kappa shape index (κ3) is 5.46. The molecule has 0 spiro atoms. The molecule has 1 saturated heterocycles. The predicted molar refractivity (Wildman–Crippen MR) is 130 cm³/mol. The molecule has 3 aromatic carbocycles. The number of hydrogen-bond donors (Lipinski definition) is 0. The van der Waals surface area contributed by atoms with Crippen LogP contribution in [0.2, 0.25) is 0 Å². The number of carbonyl (C=O) groups excluding carboxylic acids is 1. The number of benzene rings is 3. The van der Waals surface area contributed by atoms with Crippen molar-refractivity contribution in [2.45, 2.75) is 6.42 Å². The standard InChI is InChI=1S/C26H22F2N4O2S/c27-20-9-5-18(6-10-20)17-24-29-26(35-30-24)34-21-11-7-19(8-12-21)25(33)32-15-13-31(14-16-32)23-4-2-1-3-22(23)28/h1-12H,13-17H2. The van der Waals surface area contributed by atoms with E-state index in [1.54, 1.807) is 53.4 Å². The molecule has 0 atom stereocenters. The average molecular weight is 493 g/mol. The molecule has 0 radical (unpaired) electrons. The van der Waals surface area contributed by atoms with E-state index in [0.29, 0.717) is 60.6 Å². The van der Waals surface area contributed by atoms with Gasteiger partial charge in [0.15, 0.2) is 5.82 Å². The molecule has 1 aliphatic heterocycles. The molecule has 1 fully saturated rings. The van der Waals surface area contributed by atoms with Gasteiger partial charge in [0.25, 0.3) is 11.1 Å². The van der Waals surface area contributed by atoms with Crippen LogP contribution in [0.5, 0.6) is 10.9 Å². The van der Waals surface area contributed by atoms with Crippen molar-refractivity contribution in [1.82, 2.24) is 14.3 Å². The Morgan fingerprint density at radius 2 is 1.63 bits per heavy atom. The molecule has 0 N–H and O–H groups in total. The minimum absolute atomic E-state index is 0.0674. The molecule has 178 valence electrons. The van der Waals surface area contributed by atoms with Gasteiger partial charge in [-0.05, 0) is 54.1 Å². The van der Waals surface area contributed by atoms with Gasteiger partial charge in [-0.3, -0.25) is 4.79 Å². The number of piperazine rings is 1. The Kier molecular flexibility index (Phi) is 6.67. The molecule has 0 saturated carbocycles. The van der Waals surface area contributed by atoms with Crippen molar-refractivity contribution >= 4 is 23.1 Å².